The maximum atomic E-state index is 6.67. The van der Waals surface area contributed by atoms with Crippen molar-refractivity contribution in [1.29, 1.82) is 0 Å². The number of fused-ring (bicyclic) bond motifs is 18. The molecule has 6 nitrogen and oxygen atoms in total. The maximum Gasteiger partial charge on any atom is 0.236 e. The summed E-state index contributed by atoms with van der Waals surface area (Å²) in [6.45, 7) is 0. The molecule has 268 valence electrons. The maximum absolute atomic E-state index is 6.67. The number of rotatable bonds is 2. The monoisotopic (exact) mass is 740 g/mol. The Morgan fingerprint density at radius 1 is 0.397 bits per heavy atom. The van der Waals surface area contributed by atoms with Crippen molar-refractivity contribution < 1.29 is 8.83 Å². The molecule has 0 bridgehead atoms. The van der Waals surface area contributed by atoms with Gasteiger partial charge in [-0.3, -0.25) is 4.57 Å². The SMILES string of the molecule is c1ccc2c(c1)-c1ccccc1-n1c3ccccc3c3cc4c(c-2c31)c1ccccc1n4-c1nc(-c2cccc3c2oc2ccccc23)c2oc3ccccc3c2n1. The number of nitrogens with zero attached hydrogens (tertiary/aromatic N) is 4. The summed E-state index contributed by atoms with van der Waals surface area (Å²) < 4.78 is 18.0. The highest BCUT2D eigenvalue weighted by atomic mass is 16.3. The summed E-state index contributed by atoms with van der Waals surface area (Å²) >= 11 is 0. The number of hydrogen-bond donors (Lipinski definition) is 0. The molecule has 0 fully saturated rings. The summed E-state index contributed by atoms with van der Waals surface area (Å²) in [5.74, 6) is 0.564. The van der Waals surface area contributed by atoms with Crippen LogP contribution in [0.2, 0.25) is 0 Å². The average molecular weight is 741 g/mol. The van der Waals surface area contributed by atoms with Gasteiger partial charge in [0, 0.05) is 54.4 Å². The minimum Gasteiger partial charge on any atom is -0.455 e. The van der Waals surface area contributed by atoms with Gasteiger partial charge in [0.25, 0.3) is 0 Å². The number of benzene rings is 8. The van der Waals surface area contributed by atoms with E-state index in [0.29, 0.717) is 17.2 Å². The smallest absolute Gasteiger partial charge is 0.236 e. The molecule has 58 heavy (non-hydrogen) atoms. The molecule has 6 heteroatoms. The third-order valence-corrected chi connectivity index (χ3v) is 12.3. The first kappa shape index (κ1) is 30.3. The van der Waals surface area contributed by atoms with E-state index in [9.17, 15) is 0 Å². The zero-order valence-corrected chi connectivity index (χ0v) is 30.8. The molecule has 5 aromatic heterocycles. The van der Waals surface area contributed by atoms with Crippen LogP contribution in [0.4, 0.5) is 0 Å². The molecule has 0 aliphatic carbocycles. The van der Waals surface area contributed by atoms with E-state index in [0.717, 1.165) is 65.8 Å². The third kappa shape index (κ3) is 3.76. The first-order chi connectivity index (χ1) is 28.8. The van der Waals surface area contributed by atoms with Gasteiger partial charge in [0.1, 0.15) is 28.0 Å². The third-order valence-electron chi connectivity index (χ3n) is 12.3. The summed E-state index contributed by atoms with van der Waals surface area (Å²) in [6, 6.07) is 60.0. The molecule has 0 spiro atoms. The van der Waals surface area contributed by atoms with Gasteiger partial charge in [0.15, 0.2) is 5.58 Å². The van der Waals surface area contributed by atoms with Crippen molar-refractivity contribution in [2.24, 2.45) is 0 Å². The second kappa shape index (κ2) is 10.9. The summed E-state index contributed by atoms with van der Waals surface area (Å²) in [4.78, 5) is 11.0. The van der Waals surface area contributed by atoms with Gasteiger partial charge in [-0.15, -0.1) is 0 Å². The summed E-state index contributed by atoms with van der Waals surface area (Å²) in [7, 11) is 0. The molecule has 14 rings (SSSR count). The van der Waals surface area contributed by atoms with Crippen molar-refractivity contribution in [2.75, 3.05) is 0 Å². The largest absolute Gasteiger partial charge is 0.455 e. The summed E-state index contributed by atoms with van der Waals surface area (Å²) in [5.41, 5.74) is 15.7. The second-order valence-corrected chi connectivity index (χ2v) is 15.2. The number of hydrogen-bond acceptors (Lipinski definition) is 4. The highest BCUT2D eigenvalue weighted by Crippen LogP contribution is 2.52. The van der Waals surface area contributed by atoms with Gasteiger partial charge in [0.05, 0.1) is 27.8 Å². The fourth-order valence-corrected chi connectivity index (χ4v) is 9.93. The van der Waals surface area contributed by atoms with Crippen LogP contribution in [0.3, 0.4) is 0 Å². The lowest BCUT2D eigenvalue weighted by molar-refractivity contribution is 0.662. The molecular formula is C52H28N4O2. The molecule has 1 aliphatic heterocycles. The fourth-order valence-electron chi connectivity index (χ4n) is 9.93. The van der Waals surface area contributed by atoms with Gasteiger partial charge in [-0.2, -0.15) is 0 Å². The molecule has 0 saturated heterocycles. The van der Waals surface area contributed by atoms with Crippen LogP contribution in [0.15, 0.2) is 179 Å². The van der Waals surface area contributed by atoms with Gasteiger partial charge < -0.3 is 13.4 Å². The van der Waals surface area contributed by atoms with E-state index in [-0.39, 0.29) is 0 Å². The van der Waals surface area contributed by atoms with Crippen LogP contribution in [0.25, 0.3) is 133 Å². The van der Waals surface area contributed by atoms with Crippen LogP contribution in [-0.4, -0.2) is 19.1 Å². The Labute approximate surface area is 329 Å². The number of furan rings is 2. The molecular weight excluding hydrogens is 713 g/mol. The Morgan fingerprint density at radius 3 is 1.84 bits per heavy atom. The van der Waals surface area contributed by atoms with Crippen LogP contribution in [0.1, 0.15) is 0 Å². The van der Waals surface area contributed by atoms with Crippen LogP contribution >= 0.6 is 0 Å². The molecule has 0 N–H and O–H groups in total. The lowest BCUT2D eigenvalue weighted by atomic mass is 9.91. The summed E-state index contributed by atoms with van der Waals surface area (Å²) in [5, 5.41) is 7.69. The van der Waals surface area contributed by atoms with E-state index in [1.807, 2.05) is 36.4 Å². The molecule has 0 unspecified atom stereocenters. The van der Waals surface area contributed by atoms with E-state index in [2.05, 4.69) is 143 Å². The topological polar surface area (TPSA) is 61.9 Å². The molecule has 0 saturated carbocycles. The van der Waals surface area contributed by atoms with E-state index in [4.69, 9.17) is 18.8 Å². The van der Waals surface area contributed by atoms with Crippen LogP contribution in [0, 0.1) is 0 Å². The Balaban J connectivity index is 1.18. The van der Waals surface area contributed by atoms with Crippen molar-refractivity contribution in [3.05, 3.63) is 170 Å². The van der Waals surface area contributed by atoms with Gasteiger partial charge >= 0.3 is 0 Å². The molecule has 6 heterocycles. The first-order valence-corrected chi connectivity index (χ1v) is 19.6. The molecule has 0 radical (unpaired) electrons. The quantitative estimate of drug-likeness (QED) is 0.177. The summed E-state index contributed by atoms with van der Waals surface area (Å²) in [6.07, 6.45) is 0. The van der Waals surface area contributed by atoms with Crippen molar-refractivity contribution in [3.8, 4) is 45.1 Å². The number of aromatic nitrogens is 4. The van der Waals surface area contributed by atoms with Crippen LogP contribution in [0.5, 0.6) is 0 Å². The zero-order chi connectivity index (χ0) is 37.6. The van der Waals surface area contributed by atoms with E-state index in [1.165, 1.54) is 49.7 Å². The van der Waals surface area contributed by atoms with Crippen molar-refractivity contribution >= 4 is 87.6 Å². The van der Waals surface area contributed by atoms with E-state index in [1.54, 1.807) is 0 Å². The minimum absolute atomic E-state index is 0.564. The normalized spacial score (nSPS) is 12.5. The minimum atomic E-state index is 0.564. The van der Waals surface area contributed by atoms with Crippen molar-refractivity contribution in [3.63, 3.8) is 0 Å². The molecule has 0 amide bonds. The van der Waals surface area contributed by atoms with Gasteiger partial charge in [-0.1, -0.05) is 121 Å². The highest BCUT2D eigenvalue weighted by molar-refractivity contribution is 6.28. The fraction of sp³-hybridized carbons (Fsp3) is 0. The van der Waals surface area contributed by atoms with Crippen LogP contribution in [-0.2, 0) is 0 Å². The standard InChI is InChI=1S/C52H28N4O2/c1-2-18-33-29(14-1)30-15-3-8-23-39(30)55-40-24-9-4-16-31(40)38-28-42-45(46(33)49(38)55)35-19-5-10-25-41(35)56(42)52-53-47-36-20-7-12-27-44(36)58-51(47)48(54-52)37-22-13-21-34-32-17-6-11-26-43(32)57-50(34)37/h1-28H. The second-order valence-electron chi connectivity index (χ2n) is 15.2. The van der Waals surface area contributed by atoms with Gasteiger partial charge in [-0.25, -0.2) is 9.97 Å². The Hall–Kier alpha value is -7.96. The van der Waals surface area contributed by atoms with Gasteiger partial charge in [0.2, 0.25) is 5.95 Å². The Kier molecular flexibility index (Phi) is 5.68. The average Bonchev–Trinajstić information content (AvgIpc) is 4.01. The Morgan fingerprint density at radius 2 is 1.00 bits per heavy atom. The van der Waals surface area contributed by atoms with E-state index >= 15 is 0 Å². The van der Waals surface area contributed by atoms with Crippen molar-refractivity contribution in [2.45, 2.75) is 0 Å². The lowest BCUT2D eigenvalue weighted by Gasteiger charge is -2.12. The predicted molar refractivity (Wildman–Crippen MR) is 235 cm³/mol. The van der Waals surface area contributed by atoms with Crippen molar-refractivity contribution in [1.82, 2.24) is 19.1 Å². The highest BCUT2D eigenvalue weighted by Gasteiger charge is 2.30. The molecule has 0 atom stereocenters. The molecule has 13 aromatic rings. The van der Waals surface area contributed by atoms with Crippen LogP contribution < -0.4 is 0 Å². The lowest BCUT2D eigenvalue weighted by Crippen LogP contribution is -2.03. The van der Waals surface area contributed by atoms with E-state index < -0.39 is 0 Å². The Bertz CT molecular complexity index is 3930. The molecule has 8 aromatic carbocycles. The predicted octanol–water partition coefficient (Wildman–Crippen LogP) is 13.8. The first-order valence-electron chi connectivity index (χ1n) is 19.6. The number of para-hydroxylation sites is 6. The molecule has 1 aliphatic rings. The van der Waals surface area contributed by atoms with Gasteiger partial charge in [-0.05, 0) is 59.7 Å². The zero-order valence-electron chi connectivity index (χ0n) is 30.8.